The van der Waals surface area contributed by atoms with Gasteiger partial charge in [-0.1, -0.05) is 30.3 Å². The molecular formula is C17H17N3O4S. The smallest absolute Gasteiger partial charge is 0.258 e. The van der Waals surface area contributed by atoms with Gasteiger partial charge in [-0.05, 0) is 24.1 Å². The number of nitriles is 1. The molecule has 0 unspecified atom stereocenters. The third-order valence-electron chi connectivity index (χ3n) is 3.65. The van der Waals surface area contributed by atoms with Crippen molar-refractivity contribution in [2.45, 2.75) is 17.7 Å². The Morgan fingerprint density at radius 1 is 1.04 bits per heavy atom. The largest absolute Gasteiger partial charge is 0.269 e. The van der Waals surface area contributed by atoms with Crippen LogP contribution in [0.1, 0.15) is 12.0 Å². The summed E-state index contributed by atoms with van der Waals surface area (Å²) in [7, 11) is -3.83. The van der Waals surface area contributed by atoms with Crippen LogP contribution in [0.2, 0.25) is 0 Å². The van der Waals surface area contributed by atoms with Gasteiger partial charge in [-0.15, -0.1) is 0 Å². The van der Waals surface area contributed by atoms with Crippen LogP contribution in [0.4, 0.5) is 5.69 Å². The maximum Gasteiger partial charge on any atom is 0.269 e. The van der Waals surface area contributed by atoms with E-state index in [1.807, 2.05) is 36.4 Å². The van der Waals surface area contributed by atoms with Gasteiger partial charge in [0.2, 0.25) is 10.0 Å². The van der Waals surface area contributed by atoms with Crippen molar-refractivity contribution in [1.29, 1.82) is 5.26 Å². The molecule has 0 saturated heterocycles. The summed E-state index contributed by atoms with van der Waals surface area (Å²) in [6, 6.07) is 16.1. The molecule has 0 aliphatic carbocycles. The predicted molar refractivity (Wildman–Crippen MR) is 92.2 cm³/mol. The number of non-ortho nitro benzene ring substituents is 1. The Labute approximate surface area is 146 Å². The minimum atomic E-state index is -3.83. The summed E-state index contributed by atoms with van der Waals surface area (Å²) in [6.07, 6.45) is 0.583. The lowest BCUT2D eigenvalue weighted by atomic mass is 10.1. The Morgan fingerprint density at radius 2 is 1.68 bits per heavy atom. The van der Waals surface area contributed by atoms with Gasteiger partial charge in [0.25, 0.3) is 5.69 Å². The molecule has 0 N–H and O–H groups in total. The van der Waals surface area contributed by atoms with Crippen LogP contribution in [-0.4, -0.2) is 30.7 Å². The highest BCUT2D eigenvalue weighted by Gasteiger charge is 2.24. The molecule has 0 aliphatic rings. The monoisotopic (exact) mass is 359 g/mol. The molecule has 2 rings (SSSR count). The van der Waals surface area contributed by atoms with Crippen molar-refractivity contribution in [2.75, 3.05) is 13.1 Å². The Bertz CT molecular complexity index is 859. The highest BCUT2D eigenvalue weighted by Crippen LogP contribution is 2.20. The fourth-order valence-electron chi connectivity index (χ4n) is 2.31. The lowest BCUT2D eigenvalue weighted by Crippen LogP contribution is -2.33. The van der Waals surface area contributed by atoms with Gasteiger partial charge in [0, 0.05) is 31.6 Å². The minimum absolute atomic E-state index is 0.0240. The number of sulfonamides is 1. The van der Waals surface area contributed by atoms with Crippen molar-refractivity contribution in [1.82, 2.24) is 4.31 Å². The minimum Gasteiger partial charge on any atom is -0.258 e. The van der Waals surface area contributed by atoms with Crippen LogP contribution >= 0.6 is 0 Å². The Hall–Kier alpha value is -2.76. The maximum atomic E-state index is 12.8. The summed E-state index contributed by atoms with van der Waals surface area (Å²) < 4.78 is 26.8. The van der Waals surface area contributed by atoms with Gasteiger partial charge in [-0.25, -0.2) is 8.42 Å². The number of hydrogen-bond acceptors (Lipinski definition) is 5. The molecule has 0 saturated carbocycles. The van der Waals surface area contributed by atoms with Crippen LogP contribution in [-0.2, 0) is 16.4 Å². The van der Waals surface area contributed by atoms with E-state index < -0.39 is 14.9 Å². The molecule has 2 aromatic carbocycles. The number of benzene rings is 2. The Morgan fingerprint density at radius 3 is 2.24 bits per heavy atom. The molecule has 2 aromatic rings. The fourth-order valence-corrected chi connectivity index (χ4v) is 3.76. The first-order valence-electron chi connectivity index (χ1n) is 7.60. The Balaban J connectivity index is 2.22. The maximum absolute atomic E-state index is 12.8. The normalized spacial score (nSPS) is 11.2. The predicted octanol–water partition coefficient (Wildman–Crippen LogP) is 2.74. The van der Waals surface area contributed by atoms with Crippen LogP contribution < -0.4 is 0 Å². The number of nitro benzene ring substituents is 1. The molecule has 0 aliphatic heterocycles. The van der Waals surface area contributed by atoms with Gasteiger partial charge in [-0.2, -0.15) is 9.57 Å². The molecule has 130 valence electrons. The molecule has 8 heteroatoms. The van der Waals surface area contributed by atoms with Crippen molar-refractivity contribution in [3.05, 3.63) is 70.3 Å². The first-order chi connectivity index (χ1) is 11.9. The molecule has 0 fully saturated rings. The summed E-state index contributed by atoms with van der Waals surface area (Å²) in [4.78, 5) is 10.1. The number of rotatable bonds is 8. The third-order valence-corrected chi connectivity index (χ3v) is 5.56. The molecule has 0 atom stereocenters. The topological polar surface area (TPSA) is 104 Å². The molecule has 0 bridgehead atoms. The highest BCUT2D eigenvalue weighted by molar-refractivity contribution is 7.89. The highest BCUT2D eigenvalue weighted by atomic mass is 32.2. The van der Waals surface area contributed by atoms with Gasteiger partial charge in [0.15, 0.2) is 0 Å². The summed E-state index contributed by atoms with van der Waals surface area (Å²) in [5, 5.41) is 19.5. The fraction of sp³-hybridized carbons (Fsp3) is 0.235. The molecule has 0 amide bonds. The number of nitrogens with zero attached hydrogens (tertiary/aromatic N) is 3. The second kappa shape index (κ2) is 8.37. The zero-order valence-corrected chi connectivity index (χ0v) is 14.2. The lowest BCUT2D eigenvalue weighted by Gasteiger charge is -2.21. The van der Waals surface area contributed by atoms with Crippen molar-refractivity contribution < 1.29 is 13.3 Å². The third kappa shape index (κ3) is 4.86. The van der Waals surface area contributed by atoms with E-state index in [1.54, 1.807) is 0 Å². The van der Waals surface area contributed by atoms with Gasteiger partial charge in [-0.3, -0.25) is 10.1 Å². The van der Waals surface area contributed by atoms with Crippen molar-refractivity contribution in [3.8, 4) is 6.07 Å². The van der Waals surface area contributed by atoms with Gasteiger partial charge in [0.1, 0.15) is 0 Å². The van der Waals surface area contributed by atoms with Crippen molar-refractivity contribution in [3.63, 3.8) is 0 Å². The van der Waals surface area contributed by atoms with Crippen LogP contribution in [0.25, 0.3) is 0 Å². The first kappa shape index (κ1) is 18.6. The van der Waals surface area contributed by atoms with Crippen LogP contribution in [0, 0.1) is 21.4 Å². The first-order valence-corrected chi connectivity index (χ1v) is 9.04. The number of hydrogen-bond donors (Lipinski definition) is 0. The van der Waals surface area contributed by atoms with Crippen molar-refractivity contribution >= 4 is 15.7 Å². The van der Waals surface area contributed by atoms with Crippen LogP contribution in [0.3, 0.4) is 0 Å². The summed E-state index contributed by atoms with van der Waals surface area (Å²) >= 11 is 0. The zero-order valence-electron chi connectivity index (χ0n) is 13.4. The van der Waals surface area contributed by atoms with E-state index in [1.165, 1.54) is 16.4 Å². The second-order valence-electron chi connectivity index (χ2n) is 5.30. The molecule has 25 heavy (non-hydrogen) atoms. The second-order valence-corrected chi connectivity index (χ2v) is 7.24. The van der Waals surface area contributed by atoms with E-state index in [-0.39, 0.29) is 30.1 Å². The van der Waals surface area contributed by atoms with E-state index in [4.69, 9.17) is 5.26 Å². The van der Waals surface area contributed by atoms with Crippen LogP contribution in [0.5, 0.6) is 0 Å². The van der Waals surface area contributed by atoms with Gasteiger partial charge >= 0.3 is 0 Å². The zero-order chi connectivity index (χ0) is 18.3. The quantitative estimate of drug-likeness (QED) is 0.532. The Kier molecular flexibility index (Phi) is 6.22. The molecule has 0 radical (unpaired) electrons. The molecule has 0 heterocycles. The van der Waals surface area contributed by atoms with Gasteiger partial charge < -0.3 is 0 Å². The van der Waals surface area contributed by atoms with E-state index in [2.05, 4.69) is 0 Å². The van der Waals surface area contributed by atoms with E-state index in [9.17, 15) is 18.5 Å². The lowest BCUT2D eigenvalue weighted by molar-refractivity contribution is -0.384. The standard InChI is InChI=1S/C17H17N3O4S/c18-12-4-13-19(14-11-15-5-2-1-3-6-15)25(23,24)17-9-7-16(8-10-17)20(21)22/h1-3,5-10H,4,11,13-14H2. The molecule has 0 spiro atoms. The average Bonchev–Trinajstić information content (AvgIpc) is 2.62. The van der Waals surface area contributed by atoms with E-state index in [0.717, 1.165) is 17.7 Å². The molecular weight excluding hydrogens is 342 g/mol. The summed E-state index contributed by atoms with van der Waals surface area (Å²) in [6.45, 7) is 0.299. The van der Waals surface area contributed by atoms with E-state index >= 15 is 0 Å². The van der Waals surface area contributed by atoms with E-state index in [0.29, 0.717) is 6.42 Å². The molecule has 7 nitrogen and oxygen atoms in total. The number of nitro groups is 1. The summed E-state index contributed by atoms with van der Waals surface area (Å²) in [5.74, 6) is 0. The van der Waals surface area contributed by atoms with Crippen molar-refractivity contribution in [2.24, 2.45) is 0 Å². The summed E-state index contributed by atoms with van der Waals surface area (Å²) in [5.41, 5.74) is 0.815. The molecule has 0 aromatic heterocycles. The average molecular weight is 359 g/mol. The van der Waals surface area contributed by atoms with Gasteiger partial charge in [0.05, 0.1) is 15.9 Å². The van der Waals surface area contributed by atoms with Crippen LogP contribution in [0.15, 0.2) is 59.5 Å². The SMILES string of the molecule is N#CCCN(CCc1ccccc1)S(=O)(=O)c1ccc([N+](=O)[O-])cc1.